The average Bonchev–Trinajstić information content (AvgIpc) is 2.63. The maximum atomic E-state index is 5.70. The Morgan fingerprint density at radius 1 is 0.652 bits per heavy atom. The molecule has 1 atom stereocenters. The molecule has 3 heteroatoms. The Balaban J connectivity index is 2.05. The lowest BCUT2D eigenvalue weighted by atomic mass is 10.0. The number of rotatable bonds is 3. The lowest BCUT2D eigenvalue weighted by Crippen LogP contribution is -2.14. The van der Waals surface area contributed by atoms with Crippen molar-refractivity contribution in [1.82, 2.24) is 0 Å². The van der Waals surface area contributed by atoms with Crippen LogP contribution in [-0.4, -0.2) is 8.05 Å². The topological polar surface area (TPSA) is 9.23 Å². The fraction of sp³-hybridized carbons (Fsp3) is 0. The highest BCUT2D eigenvalue weighted by molar-refractivity contribution is 7.69. The van der Waals surface area contributed by atoms with Crippen molar-refractivity contribution >= 4 is 48.4 Å². The van der Waals surface area contributed by atoms with Gasteiger partial charge in [0.2, 0.25) is 0 Å². The highest BCUT2D eigenvalue weighted by Gasteiger charge is 2.17. The molecule has 1 nitrogen and oxygen atoms in total. The molecule has 4 aromatic carbocycles. The Labute approximate surface area is 138 Å². The molecule has 0 saturated heterocycles. The average molecular weight is 312 g/mol. The molecule has 23 heavy (non-hydrogen) atoms. The van der Waals surface area contributed by atoms with E-state index in [1.54, 1.807) is 0 Å². The van der Waals surface area contributed by atoms with Crippen LogP contribution in [-0.2, 0) is 4.44 Å². The first-order chi connectivity index (χ1) is 11.4. The molecule has 108 valence electrons. The largest absolute Gasteiger partial charge is 0.421 e. The zero-order chi connectivity index (χ0) is 15.6. The summed E-state index contributed by atoms with van der Waals surface area (Å²) in [7, 11) is 4.66. The summed E-state index contributed by atoms with van der Waals surface area (Å²) in [5, 5.41) is 7.18. The van der Waals surface area contributed by atoms with Crippen LogP contribution in [0, 0.1) is 0 Å². The van der Waals surface area contributed by atoms with Gasteiger partial charge in [-0.05, 0) is 27.6 Å². The van der Waals surface area contributed by atoms with Gasteiger partial charge in [-0.2, -0.15) is 0 Å². The Kier molecular flexibility index (Phi) is 3.87. The van der Waals surface area contributed by atoms with E-state index in [1.807, 2.05) is 18.2 Å². The predicted molar refractivity (Wildman–Crippen MR) is 101 cm³/mol. The smallest absolute Gasteiger partial charge is 0.289 e. The van der Waals surface area contributed by atoms with E-state index < -0.39 is 8.15 Å². The van der Waals surface area contributed by atoms with Crippen LogP contribution in [0.15, 0.2) is 84.9 Å². The Hall–Kier alpha value is -2.15. The molecule has 0 bridgehead atoms. The van der Waals surface area contributed by atoms with Crippen LogP contribution in [0.2, 0.25) is 0 Å². The van der Waals surface area contributed by atoms with Gasteiger partial charge in [0.1, 0.15) is 0 Å². The van der Waals surface area contributed by atoms with E-state index in [4.69, 9.17) is 12.5 Å². The molecule has 0 amide bonds. The Morgan fingerprint density at radius 3 is 2.00 bits per heavy atom. The highest BCUT2D eigenvalue weighted by Crippen LogP contribution is 2.38. The van der Waals surface area contributed by atoms with E-state index in [0.717, 1.165) is 10.6 Å². The van der Waals surface area contributed by atoms with E-state index in [9.17, 15) is 0 Å². The molecule has 2 radical (unpaired) electrons. The lowest BCUT2D eigenvalue weighted by Gasteiger charge is -2.20. The summed E-state index contributed by atoms with van der Waals surface area (Å²) in [4.78, 5) is 0. The quantitative estimate of drug-likeness (QED) is 0.309. The van der Waals surface area contributed by atoms with Crippen LogP contribution in [0.4, 0.5) is 0 Å². The van der Waals surface area contributed by atoms with E-state index >= 15 is 0 Å². The second-order valence-electron chi connectivity index (χ2n) is 5.40. The number of fused-ring (bicyclic) bond motifs is 3. The minimum absolute atomic E-state index is 1.04. The van der Waals surface area contributed by atoms with Crippen LogP contribution in [0.25, 0.3) is 21.5 Å². The summed E-state index contributed by atoms with van der Waals surface area (Å²) in [5.74, 6) is 0. The van der Waals surface area contributed by atoms with Gasteiger partial charge in [0.15, 0.2) is 0 Å². The molecule has 0 aliphatic carbocycles. The van der Waals surface area contributed by atoms with Crippen molar-refractivity contribution < 1.29 is 4.44 Å². The van der Waals surface area contributed by atoms with Crippen LogP contribution in [0.5, 0.6) is 0 Å². The molecule has 4 aromatic rings. The second kappa shape index (κ2) is 6.16. The van der Waals surface area contributed by atoms with Crippen molar-refractivity contribution in [2.24, 2.45) is 0 Å². The molecular formula is C20H14BOP. The van der Waals surface area contributed by atoms with Gasteiger partial charge in [0, 0.05) is 10.6 Å². The zero-order valence-corrected chi connectivity index (χ0v) is 13.4. The number of hydrogen-bond donors (Lipinski definition) is 0. The van der Waals surface area contributed by atoms with E-state index in [-0.39, 0.29) is 0 Å². The lowest BCUT2D eigenvalue weighted by molar-refractivity contribution is 0.705. The van der Waals surface area contributed by atoms with Crippen molar-refractivity contribution in [3.8, 4) is 0 Å². The van der Waals surface area contributed by atoms with Gasteiger partial charge in [0.05, 0.1) is 8.15 Å². The summed E-state index contributed by atoms with van der Waals surface area (Å²) in [6.45, 7) is 0. The third-order valence-corrected chi connectivity index (χ3v) is 5.85. The molecular weight excluding hydrogens is 298 g/mol. The van der Waals surface area contributed by atoms with Crippen molar-refractivity contribution in [2.75, 3.05) is 0 Å². The fourth-order valence-electron chi connectivity index (χ4n) is 3.02. The first kappa shape index (κ1) is 14.4. The van der Waals surface area contributed by atoms with E-state index in [1.165, 1.54) is 21.5 Å². The Morgan fingerprint density at radius 2 is 1.26 bits per heavy atom. The van der Waals surface area contributed by atoms with Crippen molar-refractivity contribution in [3.05, 3.63) is 84.9 Å². The normalized spacial score (nSPS) is 12.5. The molecule has 0 aromatic heterocycles. The van der Waals surface area contributed by atoms with Gasteiger partial charge in [0.25, 0.3) is 8.05 Å². The Bertz CT molecular complexity index is 969. The molecule has 0 aliphatic heterocycles. The minimum atomic E-state index is -1.04. The highest BCUT2D eigenvalue weighted by atomic mass is 31.1. The summed E-state index contributed by atoms with van der Waals surface area (Å²) < 4.78 is 5.44. The summed E-state index contributed by atoms with van der Waals surface area (Å²) >= 11 is 0. The van der Waals surface area contributed by atoms with Gasteiger partial charge >= 0.3 is 0 Å². The number of benzene rings is 4. The zero-order valence-electron chi connectivity index (χ0n) is 12.5. The van der Waals surface area contributed by atoms with Gasteiger partial charge in [-0.1, -0.05) is 78.9 Å². The van der Waals surface area contributed by atoms with Crippen LogP contribution >= 0.6 is 8.15 Å². The van der Waals surface area contributed by atoms with Crippen LogP contribution in [0.1, 0.15) is 0 Å². The molecule has 0 saturated carbocycles. The predicted octanol–water partition coefficient (Wildman–Crippen LogP) is 4.44. The van der Waals surface area contributed by atoms with Crippen molar-refractivity contribution in [1.29, 1.82) is 0 Å². The first-order valence-corrected chi connectivity index (χ1v) is 8.77. The van der Waals surface area contributed by atoms with E-state index in [0.29, 0.717) is 0 Å². The summed E-state index contributed by atoms with van der Waals surface area (Å²) in [6.07, 6.45) is 0. The maximum absolute atomic E-state index is 5.70. The van der Waals surface area contributed by atoms with E-state index in [2.05, 4.69) is 66.7 Å². The van der Waals surface area contributed by atoms with Crippen LogP contribution in [0.3, 0.4) is 0 Å². The van der Waals surface area contributed by atoms with Crippen molar-refractivity contribution in [3.63, 3.8) is 0 Å². The van der Waals surface area contributed by atoms with Gasteiger partial charge < -0.3 is 4.44 Å². The molecule has 0 aliphatic rings. The standard InChI is InChI=1S/C20H14BOP/c21-22-23(16-9-2-1-3-10-16)20-14-15-8-4-5-11-17(15)18-12-6-7-13-19(18)20/h1-14H/t23-/m1/s1. The van der Waals surface area contributed by atoms with Crippen molar-refractivity contribution in [2.45, 2.75) is 0 Å². The first-order valence-electron chi connectivity index (χ1n) is 7.51. The molecule has 0 fully saturated rings. The maximum Gasteiger partial charge on any atom is 0.289 e. The van der Waals surface area contributed by atoms with Gasteiger partial charge in [-0.25, -0.2) is 0 Å². The summed E-state index contributed by atoms with van der Waals surface area (Å²) in [5.41, 5.74) is 0. The molecule has 4 rings (SSSR count). The van der Waals surface area contributed by atoms with Gasteiger partial charge in [-0.3, -0.25) is 0 Å². The second-order valence-corrected chi connectivity index (χ2v) is 7.20. The summed E-state index contributed by atoms with van der Waals surface area (Å²) in [6, 6.07) is 29.3. The molecule has 0 spiro atoms. The minimum Gasteiger partial charge on any atom is -0.421 e. The third-order valence-electron chi connectivity index (χ3n) is 4.06. The number of hydrogen-bond acceptors (Lipinski definition) is 1. The molecule has 0 N–H and O–H groups in total. The molecule has 0 heterocycles. The third kappa shape index (κ3) is 2.55. The van der Waals surface area contributed by atoms with Gasteiger partial charge in [-0.15, -0.1) is 0 Å². The molecule has 0 unspecified atom stereocenters. The van der Waals surface area contributed by atoms with Crippen LogP contribution < -0.4 is 10.6 Å². The monoisotopic (exact) mass is 312 g/mol. The SMILES string of the molecule is [B]O[P@](c1ccccc1)c1cc2ccccc2c2ccccc12. The fourth-order valence-corrected chi connectivity index (χ4v) is 4.65.